The van der Waals surface area contributed by atoms with Gasteiger partial charge in [-0.3, -0.25) is 0 Å². The first kappa shape index (κ1) is 23.3. The van der Waals surface area contributed by atoms with Crippen LogP contribution in [-0.4, -0.2) is 36.2 Å². The first-order chi connectivity index (χ1) is 16.5. The SMILES string of the molecule is CC(C)(O)c1ncc(-c2cn3c4c(nc3cc2F)C(C)(O)C[C@@H]4c2ccccc2OC(F)F)cn1. The van der Waals surface area contributed by atoms with Crippen molar-refractivity contribution in [2.75, 3.05) is 0 Å². The number of alkyl halides is 2. The number of ether oxygens (including phenoxy) is 1. The molecule has 3 aromatic heterocycles. The number of pyridine rings is 1. The molecule has 0 saturated heterocycles. The number of aliphatic hydroxyl groups is 2. The topological polar surface area (TPSA) is 92.8 Å². The average molecular weight is 484 g/mol. The van der Waals surface area contributed by atoms with E-state index < -0.39 is 29.5 Å². The van der Waals surface area contributed by atoms with Crippen molar-refractivity contribution in [2.24, 2.45) is 0 Å². The van der Waals surface area contributed by atoms with Crippen LogP contribution in [0.4, 0.5) is 13.2 Å². The Bertz CT molecular complexity index is 1410. The third-order valence-electron chi connectivity index (χ3n) is 6.21. The highest BCUT2D eigenvalue weighted by Gasteiger charge is 2.45. The van der Waals surface area contributed by atoms with Crippen molar-refractivity contribution >= 4 is 5.65 Å². The van der Waals surface area contributed by atoms with E-state index in [1.165, 1.54) is 30.7 Å². The molecule has 3 heterocycles. The summed E-state index contributed by atoms with van der Waals surface area (Å²) in [5.41, 5.74) is -0.411. The first-order valence-corrected chi connectivity index (χ1v) is 11.0. The standard InChI is InChI=1S/C25H23F3N4O3/c1-24(2,33)22-29-10-13(11-30-22)16-12-32-19(8-17(16)26)31-21-20(32)15(9-25(21,3)34)14-6-4-5-7-18(14)35-23(27)28/h4-8,10-12,15,23,33-34H,9H2,1-3H3/t15-,25?/m1/s1. The van der Waals surface area contributed by atoms with Gasteiger partial charge in [-0.05, 0) is 33.3 Å². The van der Waals surface area contributed by atoms with E-state index in [9.17, 15) is 19.0 Å². The molecule has 2 N–H and O–H groups in total. The Balaban J connectivity index is 1.67. The van der Waals surface area contributed by atoms with Crippen LogP contribution in [0, 0.1) is 5.82 Å². The van der Waals surface area contributed by atoms with E-state index in [1.807, 2.05) is 0 Å². The molecule has 0 aliphatic heterocycles. The highest BCUT2D eigenvalue weighted by Crippen LogP contribution is 2.49. The third kappa shape index (κ3) is 4.02. The molecule has 2 atom stereocenters. The van der Waals surface area contributed by atoms with Crippen LogP contribution in [0.3, 0.4) is 0 Å². The average Bonchev–Trinajstić information content (AvgIpc) is 3.27. The summed E-state index contributed by atoms with van der Waals surface area (Å²) in [6, 6.07) is 7.65. The number of hydrogen-bond donors (Lipinski definition) is 2. The van der Waals surface area contributed by atoms with Crippen molar-refractivity contribution < 1.29 is 28.1 Å². The number of para-hydroxylation sites is 1. The molecule has 0 saturated carbocycles. The van der Waals surface area contributed by atoms with Gasteiger partial charge in [-0.15, -0.1) is 0 Å². The minimum Gasteiger partial charge on any atom is -0.435 e. The van der Waals surface area contributed by atoms with Gasteiger partial charge in [-0.1, -0.05) is 18.2 Å². The summed E-state index contributed by atoms with van der Waals surface area (Å²) in [6.45, 7) is 1.68. The number of benzene rings is 1. The number of rotatable bonds is 5. The van der Waals surface area contributed by atoms with Gasteiger partial charge in [0.25, 0.3) is 0 Å². The van der Waals surface area contributed by atoms with Gasteiger partial charge >= 0.3 is 6.61 Å². The van der Waals surface area contributed by atoms with Crippen LogP contribution in [0.2, 0.25) is 0 Å². The zero-order chi connectivity index (χ0) is 25.1. The van der Waals surface area contributed by atoms with E-state index in [0.29, 0.717) is 22.5 Å². The van der Waals surface area contributed by atoms with Gasteiger partial charge in [0.15, 0.2) is 5.82 Å². The number of halogens is 3. The maximum atomic E-state index is 15.1. The second-order valence-electron chi connectivity index (χ2n) is 9.41. The van der Waals surface area contributed by atoms with Crippen molar-refractivity contribution in [1.29, 1.82) is 0 Å². The van der Waals surface area contributed by atoms with Crippen LogP contribution >= 0.6 is 0 Å². The molecule has 1 aliphatic carbocycles. The molecule has 10 heteroatoms. The second-order valence-corrected chi connectivity index (χ2v) is 9.41. The minimum absolute atomic E-state index is 0.00374. The molecule has 1 unspecified atom stereocenters. The van der Waals surface area contributed by atoms with Gasteiger partial charge in [0, 0.05) is 47.3 Å². The van der Waals surface area contributed by atoms with E-state index in [-0.39, 0.29) is 29.2 Å². The molecule has 0 radical (unpaired) electrons. The van der Waals surface area contributed by atoms with Crippen molar-refractivity contribution in [3.8, 4) is 16.9 Å². The predicted molar refractivity (Wildman–Crippen MR) is 121 cm³/mol. The summed E-state index contributed by atoms with van der Waals surface area (Å²) in [4.78, 5) is 12.8. The zero-order valence-corrected chi connectivity index (χ0v) is 19.2. The van der Waals surface area contributed by atoms with Gasteiger partial charge in [0.2, 0.25) is 0 Å². The number of imidazole rings is 1. The molecule has 0 bridgehead atoms. The van der Waals surface area contributed by atoms with Crippen molar-refractivity contribution in [3.05, 3.63) is 77.5 Å². The highest BCUT2D eigenvalue weighted by atomic mass is 19.3. The summed E-state index contributed by atoms with van der Waals surface area (Å²) in [5.74, 6) is -0.905. The fourth-order valence-corrected chi connectivity index (χ4v) is 4.63. The lowest BCUT2D eigenvalue weighted by Crippen LogP contribution is -2.19. The Labute approximate surface area is 198 Å². The number of fused-ring (bicyclic) bond motifs is 3. The maximum absolute atomic E-state index is 15.1. The Morgan fingerprint density at radius 3 is 2.54 bits per heavy atom. The van der Waals surface area contributed by atoms with Crippen LogP contribution in [0.5, 0.6) is 5.75 Å². The van der Waals surface area contributed by atoms with Crippen LogP contribution in [0.1, 0.15) is 55.9 Å². The monoisotopic (exact) mass is 484 g/mol. The summed E-state index contributed by atoms with van der Waals surface area (Å²) in [5, 5.41) is 21.2. The minimum atomic E-state index is -3.01. The fraction of sp³-hybridized carbons (Fsp3) is 0.320. The molecule has 1 aromatic carbocycles. The fourth-order valence-electron chi connectivity index (χ4n) is 4.63. The van der Waals surface area contributed by atoms with Gasteiger partial charge in [-0.2, -0.15) is 8.78 Å². The molecule has 4 aromatic rings. The number of nitrogens with zero attached hydrogens (tertiary/aromatic N) is 4. The molecular weight excluding hydrogens is 461 g/mol. The lowest BCUT2D eigenvalue weighted by Gasteiger charge is -2.20. The number of aromatic nitrogens is 4. The van der Waals surface area contributed by atoms with Gasteiger partial charge in [0.05, 0.1) is 11.4 Å². The Morgan fingerprint density at radius 1 is 1.20 bits per heavy atom. The van der Waals surface area contributed by atoms with Crippen LogP contribution in [0.15, 0.2) is 48.9 Å². The summed E-state index contributed by atoms with van der Waals surface area (Å²) < 4.78 is 47.6. The smallest absolute Gasteiger partial charge is 0.387 e. The molecule has 0 fully saturated rings. The van der Waals surface area contributed by atoms with Crippen molar-refractivity contribution in [2.45, 2.75) is 50.9 Å². The largest absolute Gasteiger partial charge is 0.435 e. The van der Waals surface area contributed by atoms with Crippen LogP contribution in [0.25, 0.3) is 16.8 Å². The summed E-state index contributed by atoms with van der Waals surface area (Å²) in [6.07, 6.45) is 4.56. The van der Waals surface area contributed by atoms with Gasteiger partial charge in [0.1, 0.15) is 28.4 Å². The van der Waals surface area contributed by atoms with Crippen molar-refractivity contribution in [3.63, 3.8) is 0 Å². The Hall–Kier alpha value is -3.50. The van der Waals surface area contributed by atoms with Crippen LogP contribution in [-0.2, 0) is 11.2 Å². The maximum Gasteiger partial charge on any atom is 0.387 e. The summed E-state index contributed by atoms with van der Waals surface area (Å²) >= 11 is 0. The zero-order valence-electron chi connectivity index (χ0n) is 19.2. The lowest BCUT2D eigenvalue weighted by molar-refractivity contribution is -0.0506. The van der Waals surface area contributed by atoms with E-state index >= 15 is 4.39 Å². The molecule has 5 rings (SSSR count). The molecule has 1 aliphatic rings. The van der Waals surface area contributed by atoms with Gasteiger partial charge < -0.3 is 19.4 Å². The predicted octanol–water partition coefficient (Wildman–Crippen LogP) is 4.50. The normalized spacial score (nSPS) is 20.0. The second kappa shape index (κ2) is 8.03. The lowest BCUT2D eigenvalue weighted by atomic mass is 9.93. The molecule has 7 nitrogen and oxygen atoms in total. The van der Waals surface area contributed by atoms with E-state index in [2.05, 4.69) is 15.0 Å². The molecule has 0 spiro atoms. The third-order valence-corrected chi connectivity index (χ3v) is 6.21. The van der Waals surface area contributed by atoms with Crippen LogP contribution < -0.4 is 4.74 Å². The summed E-state index contributed by atoms with van der Waals surface area (Å²) in [7, 11) is 0. The quantitative estimate of drug-likeness (QED) is 0.433. The Kier molecular flexibility index (Phi) is 5.33. The Morgan fingerprint density at radius 2 is 1.89 bits per heavy atom. The molecule has 0 amide bonds. The molecule has 182 valence electrons. The van der Waals surface area contributed by atoms with Gasteiger partial charge in [-0.25, -0.2) is 19.3 Å². The number of hydrogen-bond acceptors (Lipinski definition) is 6. The van der Waals surface area contributed by atoms with E-state index in [0.717, 1.165) is 0 Å². The van der Waals surface area contributed by atoms with Crippen molar-refractivity contribution in [1.82, 2.24) is 19.4 Å². The highest BCUT2D eigenvalue weighted by molar-refractivity contribution is 5.65. The molecular formula is C25H23F3N4O3. The first-order valence-electron chi connectivity index (χ1n) is 11.0. The molecule has 35 heavy (non-hydrogen) atoms. The van der Waals surface area contributed by atoms with E-state index in [1.54, 1.807) is 43.4 Å². The van der Waals surface area contributed by atoms with E-state index in [4.69, 9.17) is 4.74 Å².